The van der Waals surface area contributed by atoms with Crippen LogP contribution in [0, 0.1) is 17.5 Å². The van der Waals surface area contributed by atoms with Crippen LogP contribution >= 0.6 is 0 Å². The molecule has 6 heteroatoms. The van der Waals surface area contributed by atoms with Gasteiger partial charge in [0.2, 0.25) is 5.82 Å². The second-order valence-corrected chi connectivity index (χ2v) is 7.87. The summed E-state index contributed by atoms with van der Waals surface area (Å²) in [5.74, 6) is -2.30. The minimum absolute atomic E-state index is 0.0279. The van der Waals surface area contributed by atoms with Gasteiger partial charge in [-0.25, -0.2) is 8.78 Å². The van der Waals surface area contributed by atoms with Gasteiger partial charge in [-0.3, -0.25) is 0 Å². The molecule has 1 aliphatic heterocycles. The van der Waals surface area contributed by atoms with Gasteiger partial charge in [0.25, 0.3) is 0 Å². The second kappa shape index (κ2) is 9.66. The molecule has 3 aromatic rings. The highest BCUT2D eigenvalue weighted by Gasteiger charge is 2.23. The van der Waals surface area contributed by atoms with Crippen LogP contribution in [0.2, 0.25) is 0 Å². The SMILES string of the molecule is BCOc1ccc(-c2ccc(-c3ccc(C4CCC(C=C)OC4)c(F)c3)cc2)c(F)c1F. The molecule has 2 atom stereocenters. The van der Waals surface area contributed by atoms with Crippen molar-refractivity contribution in [2.45, 2.75) is 24.9 Å². The molecule has 0 aliphatic carbocycles. The molecule has 0 radical (unpaired) electrons. The Morgan fingerprint density at radius 3 is 2.28 bits per heavy atom. The van der Waals surface area contributed by atoms with Crippen molar-refractivity contribution in [2.75, 3.05) is 13.1 Å². The van der Waals surface area contributed by atoms with E-state index in [4.69, 9.17) is 9.47 Å². The minimum Gasteiger partial charge on any atom is -0.500 e. The Kier molecular flexibility index (Phi) is 6.70. The van der Waals surface area contributed by atoms with Crippen LogP contribution in [0.15, 0.2) is 67.3 Å². The van der Waals surface area contributed by atoms with E-state index in [-0.39, 0.29) is 35.7 Å². The molecule has 2 unspecified atom stereocenters. The van der Waals surface area contributed by atoms with E-state index in [1.54, 1.807) is 38.2 Å². The fraction of sp³-hybridized carbons (Fsp3) is 0.231. The summed E-state index contributed by atoms with van der Waals surface area (Å²) < 4.78 is 54.4. The molecule has 0 spiro atoms. The van der Waals surface area contributed by atoms with Crippen LogP contribution in [-0.2, 0) is 4.74 Å². The maximum absolute atomic E-state index is 14.9. The Bertz CT molecular complexity index is 1110. The summed E-state index contributed by atoms with van der Waals surface area (Å²) in [4.78, 5) is 0. The first kappa shape index (κ1) is 22.2. The van der Waals surface area contributed by atoms with Crippen molar-refractivity contribution < 1.29 is 22.6 Å². The fourth-order valence-corrected chi connectivity index (χ4v) is 4.10. The molecule has 0 saturated carbocycles. The van der Waals surface area contributed by atoms with Crippen molar-refractivity contribution in [3.05, 3.63) is 90.3 Å². The summed E-state index contributed by atoms with van der Waals surface area (Å²) in [5.41, 5.74) is 2.84. The first-order chi connectivity index (χ1) is 15.5. The fourth-order valence-electron chi connectivity index (χ4n) is 4.10. The maximum Gasteiger partial charge on any atom is 0.201 e. The number of rotatable bonds is 6. The normalized spacial score (nSPS) is 18.3. The number of halogens is 3. The van der Waals surface area contributed by atoms with Crippen LogP contribution in [0.3, 0.4) is 0 Å². The first-order valence-electron chi connectivity index (χ1n) is 10.8. The molecular weight excluding hydrogens is 412 g/mol. The van der Waals surface area contributed by atoms with E-state index in [9.17, 15) is 13.2 Å². The third kappa shape index (κ3) is 4.46. The van der Waals surface area contributed by atoms with E-state index in [2.05, 4.69) is 6.58 Å². The van der Waals surface area contributed by atoms with Gasteiger partial charge in [-0.1, -0.05) is 42.5 Å². The molecule has 0 aromatic heterocycles. The van der Waals surface area contributed by atoms with Crippen molar-refractivity contribution in [3.63, 3.8) is 0 Å². The minimum atomic E-state index is -1.00. The van der Waals surface area contributed by atoms with Crippen LogP contribution < -0.4 is 4.74 Å². The lowest BCUT2D eigenvalue weighted by Gasteiger charge is -2.27. The molecule has 164 valence electrons. The molecule has 2 nitrogen and oxygen atoms in total. The number of hydrogen-bond acceptors (Lipinski definition) is 2. The predicted molar refractivity (Wildman–Crippen MR) is 123 cm³/mol. The Labute approximate surface area is 187 Å². The van der Waals surface area contributed by atoms with Crippen LogP contribution in [-0.4, -0.2) is 27.1 Å². The molecular formula is C26H24BF3O2. The molecule has 1 aliphatic rings. The maximum atomic E-state index is 14.9. The average Bonchev–Trinajstić information content (AvgIpc) is 2.82. The van der Waals surface area contributed by atoms with E-state index in [0.29, 0.717) is 17.7 Å². The molecule has 1 fully saturated rings. The van der Waals surface area contributed by atoms with Crippen molar-refractivity contribution in [2.24, 2.45) is 0 Å². The zero-order valence-electron chi connectivity index (χ0n) is 17.9. The van der Waals surface area contributed by atoms with Gasteiger partial charge in [0.1, 0.15) is 5.82 Å². The lowest BCUT2D eigenvalue weighted by atomic mass is 9.89. The van der Waals surface area contributed by atoms with Crippen molar-refractivity contribution in [3.8, 4) is 28.0 Å². The summed E-state index contributed by atoms with van der Waals surface area (Å²) in [7, 11) is 1.71. The molecule has 0 bridgehead atoms. The number of hydrogen-bond donors (Lipinski definition) is 0. The van der Waals surface area contributed by atoms with Gasteiger partial charge < -0.3 is 9.47 Å². The molecule has 1 saturated heterocycles. The third-order valence-corrected chi connectivity index (χ3v) is 5.89. The van der Waals surface area contributed by atoms with Gasteiger partial charge in [-0.05, 0) is 53.3 Å². The van der Waals surface area contributed by atoms with Gasteiger partial charge >= 0.3 is 0 Å². The quantitative estimate of drug-likeness (QED) is 0.356. The lowest BCUT2D eigenvalue weighted by molar-refractivity contribution is 0.0321. The summed E-state index contributed by atoms with van der Waals surface area (Å²) in [6.45, 7) is 4.48. The highest BCUT2D eigenvalue weighted by molar-refractivity contribution is 6.08. The Hall–Kier alpha value is -2.99. The standard InChI is InChI=1S/C26H24BF3O2/c1-2-20-9-7-19(14-31-20)21-10-8-18(13-23(21)28)16-3-5-17(6-4-16)22-11-12-24(32-15-27)26(30)25(22)29/h2-6,8,10-13,19-20H,1,7,9,14-15,27H2. The molecule has 0 amide bonds. The van der Waals surface area contributed by atoms with E-state index in [1.807, 2.05) is 12.1 Å². The van der Waals surface area contributed by atoms with Gasteiger partial charge in [0, 0.05) is 11.5 Å². The largest absolute Gasteiger partial charge is 0.500 e. The van der Waals surface area contributed by atoms with E-state index >= 15 is 0 Å². The average molecular weight is 436 g/mol. The summed E-state index contributed by atoms with van der Waals surface area (Å²) in [5, 5.41) is 0. The topological polar surface area (TPSA) is 18.5 Å². The van der Waals surface area contributed by atoms with E-state index < -0.39 is 11.6 Å². The Balaban J connectivity index is 1.54. The van der Waals surface area contributed by atoms with E-state index in [0.717, 1.165) is 24.0 Å². The van der Waals surface area contributed by atoms with Crippen LogP contribution in [0.25, 0.3) is 22.3 Å². The van der Waals surface area contributed by atoms with Crippen LogP contribution in [0.1, 0.15) is 24.3 Å². The molecule has 4 rings (SSSR count). The Morgan fingerprint density at radius 2 is 1.66 bits per heavy atom. The van der Waals surface area contributed by atoms with Crippen molar-refractivity contribution in [1.29, 1.82) is 0 Å². The zero-order chi connectivity index (χ0) is 22.7. The molecule has 1 heterocycles. The lowest BCUT2D eigenvalue weighted by Crippen LogP contribution is -2.23. The zero-order valence-corrected chi connectivity index (χ0v) is 17.9. The highest BCUT2D eigenvalue weighted by Crippen LogP contribution is 2.34. The summed E-state index contributed by atoms with van der Waals surface area (Å²) in [6.07, 6.45) is 3.51. The summed E-state index contributed by atoms with van der Waals surface area (Å²) in [6, 6.07) is 15.1. The molecule has 3 aromatic carbocycles. The van der Waals surface area contributed by atoms with E-state index in [1.165, 1.54) is 18.2 Å². The second-order valence-electron chi connectivity index (χ2n) is 7.87. The van der Waals surface area contributed by atoms with Crippen LogP contribution in [0.5, 0.6) is 5.75 Å². The molecule has 0 N–H and O–H groups in total. The van der Waals surface area contributed by atoms with Gasteiger partial charge in [-0.2, -0.15) is 4.39 Å². The van der Waals surface area contributed by atoms with Gasteiger partial charge in [0.05, 0.1) is 19.2 Å². The monoisotopic (exact) mass is 436 g/mol. The highest BCUT2D eigenvalue weighted by atomic mass is 19.2. The smallest absolute Gasteiger partial charge is 0.201 e. The van der Waals surface area contributed by atoms with Crippen LogP contribution in [0.4, 0.5) is 13.2 Å². The Morgan fingerprint density at radius 1 is 0.938 bits per heavy atom. The predicted octanol–water partition coefficient (Wildman–Crippen LogP) is 5.86. The van der Waals surface area contributed by atoms with Gasteiger partial charge in [0.15, 0.2) is 19.4 Å². The summed E-state index contributed by atoms with van der Waals surface area (Å²) >= 11 is 0. The number of benzene rings is 3. The van der Waals surface area contributed by atoms with Crippen molar-refractivity contribution >= 4 is 7.85 Å². The van der Waals surface area contributed by atoms with Gasteiger partial charge in [-0.15, -0.1) is 6.58 Å². The first-order valence-corrected chi connectivity index (χ1v) is 10.8. The van der Waals surface area contributed by atoms with Crippen molar-refractivity contribution in [1.82, 2.24) is 0 Å². The number of ether oxygens (including phenoxy) is 2. The third-order valence-electron chi connectivity index (χ3n) is 5.89. The molecule has 32 heavy (non-hydrogen) atoms.